The molecule has 0 saturated carbocycles. The molecule has 0 atom stereocenters. The Morgan fingerprint density at radius 3 is 2.61 bits per heavy atom. The fourth-order valence-corrected chi connectivity index (χ4v) is 1.45. The molecule has 1 rings (SSSR count). The zero-order chi connectivity index (χ0) is 13.8. The maximum Gasteiger partial charge on any atom is 0.412 e. The van der Waals surface area contributed by atoms with Gasteiger partial charge in [0.2, 0.25) is 0 Å². The van der Waals surface area contributed by atoms with Crippen LogP contribution < -0.4 is 16.6 Å². The number of anilines is 1. The van der Waals surface area contributed by atoms with Crippen molar-refractivity contribution in [2.75, 3.05) is 5.32 Å². The lowest BCUT2D eigenvalue weighted by atomic mass is 10.1. The third kappa shape index (κ3) is 4.73. The Balaban J connectivity index is 2.77. The van der Waals surface area contributed by atoms with Gasteiger partial charge < -0.3 is 4.74 Å². The number of hydrogen-bond acceptors (Lipinski definition) is 4. The number of aryl methyl sites for hydroxylation is 1. The SMILES string of the molecule is Cc1ccc(CNN)cc1NC(=O)OC(C)(C)C. The molecule has 5 nitrogen and oxygen atoms in total. The standard InChI is InChI=1S/C13H21N3O2/c1-9-5-6-10(8-15-14)7-11(9)16-12(17)18-13(2,3)4/h5-7,15H,8,14H2,1-4H3,(H,16,17). The Morgan fingerprint density at radius 2 is 2.06 bits per heavy atom. The monoisotopic (exact) mass is 251 g/mol. The molecule has 0 fully saturated rings. The largest absolute Gasteiger partial charge is 0.444 e. The summed E-state index contributed by atoms with van der Waals surface area (Å²) >= 11 is 0. The van der Waals surface area contributed by atoms with Crippen LogP contribution in [0.5, 0.6) is 0 Å². The summed E-state index contributed by atoms with van der Waals surface area (Å²) < 4.78 is 5.21. The minimum absolute atomic E-state index is 0.455. The number of amides is 1. The number of rotatable bonds is 3. The Kier molecular flexibility index (Phi) is 4.69. The van der Waals surface area contributed by atoms with Crippen molar-refractivity contribution in [2.24, 2.45) is 5.84 Å². The van der Waals surface area contributed by atoms with Crippen molar-refractivity contribution in [3.8, 4) is 0 Å². The highest BCUT2D eigenvalue weighted by atomic mass is 16.6. The van der Waals surface area contributed by atoms with Gasteiger partial charge in [-0.2, -0.15) is 0 Å². The lowest BCUT2D eigenvalue weighted by Gasteiger charge is -2.20. The summed E-state index contributed by atoms with van der Waals surface area (Å²) in [5.41, 5.74) is 4.77. The molecule has 1 amide bonds. The summed E-state index contributed by atoms with van der Waals surface area (Å²) in [6.45, 7) is 7.95. The van der Waals surface area contributed by atoms with Crippen LogP contribution in [0.15, 0.2) is 18.2 Å². The first-order chi connectivity index (χ1) is 8.31. The Hall–Kier alpha value is -1.59. The highest BCUT2D eigenvalue weighted by molar-refractivity contribution is 5.86. The topological polar surface area (TPSA) is 76.4 Å². The highest BCUT2D eigenvalue weighted by Crippen LogP contribution is 2.18. The van der Waals surface area contributed by atoms with E-state index in [9.17, 15) is 4.79 Å². The second-order valence-electron chi connectivity index (χ2n) is 5.16. The van der Waals surface area contributed by atoms with Gasteiger partial charge in [0, 0.05) is 12.2 Å². The second-order valence-corrected chi connectivity index (χ2v) is 5.16. The average molecular weight is 251 g/mol. The van der Waals surface area contributed by atoms with Crippen molar-refractivity contribution in [1.82, 2.24) is 5.43 Å². The molecule has 1 aromatic carbocycles. The molecule has 0 saturated heterocycles. The van der Waals surface area contributed by atoms with Crippen molar-refractivity contribution >= 4 is 11.8 Å². The molecule has 1 aromatic rings. The average Bonchev–Trinajstić information content (AvgIpc) is 2.20. The molecule has 0 unspecified atom stereocenters. The van der Waals surface area contributed by atoms with E-state index in [1.807, 2.05) is 45.9 Å². The second kappa shape index (κ2) is 5.84. The zero-order valence-corrected chi connectivity index (χ0v) is 11.3. The molecule has 0 aliphatic rings. The summed E-state index contributed by atoms with van der Waals surface area (Å²) in [6.07, 6.45) is -0.455. The number of benzene rings is 1. The minimum atomic E-state index is -0.506. The first kappa shape index (κ1) is 14.5. The van der Waals surface area contributed by atoms with Crippen LogP contribution in [0.2, 0.25) is 0 Å². The molecule has 100 valence electrons. The molecule has 0 aliphatic carbocycles. The number of carbonyl (C=O) groups is 1. The van der Waals surface area contributed by atoms with Gasteiger partial charge >= 0.3 is 6.09 Å². The van der Waals surface area contributed by atoms with Gasteiger partial charge in [-0.3, -0.25) is 16.6 Å². The molecule has 0 aromatic heterocycles. The van der Waals surface area contributed by atoms with Gasteiger partial charge in [0.05, 0.1) is 0 Å². The molecular formula is C13H21N3O2. The van der Waals surface area contributed by atoms with Crippen molar-refractivity contribution in [3.05, 3.63) is 29.3 Å². The van der Waals surface area contributed by atoms with Crippen LogP contribution >= 0.6 is 0 Å². The molecule has 0 spiro atoms. The first-order valence-corrected chi connectivity index (χ1v) is 5.85. The van der Waals surface area contributed by atoms with Crippen molar-refractivity contribution in [1.29, 1.82) is 0 Å². The predicted octanol–water partition coefficient (Wildman–Crippen LogP) is 2.31. The van der Waals surface area contributed by atoms with Crippen molar-refractivity contribution < 1.29 is 9.53 Å². The van der Waals surface area contributed by atoms with Gasteiger partial charge in [-0.1, -0.05) is 12.1 Å². The maximum atomic E-state index is 11.7. The lowest BCUT2D eigenvalue weighted by molar-refractivity contribution is 0.0636. The van der Waals surface area contributed by atoms with E-state index >= 15 is 0 Å². The van der Waals surface area contributed by atoms with E-state index in [1.165, 1.54) is 0 Å². The summed E-state index contributed by atoms with van der Waals surface area (Å²) in [5.74, 6) is 5.27. The van der Waals surface area contributed by atoms with E-state index in [4.69, 9.17) is 10.6 Å². The van der Waals surface area contributed by atoms with Crippen LogP contribution in [0.4, 0.5) is 10.5 Å². The van der Waals surface area contributed by atoms with E-state index in [0.29, 0.717) is 6.54 Å². The molecule has 0 aliphatic heterocycles. The summed E-state index contributed by atoms with van der Waals surface area (Å²) in [5, 5.41) is 2.74. The molecule has 0 heterocycles. The fourth-order valence-electron chi connectivity index (χ4n) is 1.45. The normalized spacial score (nSPS) is 11.2. The molecule has 4 N–H and O–H groups in total. The number of hydrogen-bond donors (Lipinski definition) is 3. The van der Waals surface area contributed by atoms with Crippen LogP contribution in [0, 0.1) is 6.92 Å². The van der Waals surface area contributed by atoms with Gasteiger partial charge in [0.25, 0.3) is 0 Å². The van der Waals surface area contributed by atoms with Crippen LogP contribution in [0.3, 0.4) is 0 Å². The molecule has 0 bridgehead atoms. The van der Waals surface area contributed by atoms with Gasteiger partial charge in [0.15, 0.2) is 0 Å². The van der Waals surface area contributed by atoms with Crippen LogP contribution in [0.25, 0.3) is 0 Å². The highest BCUT2D eigenvalue weighted by Gasteiger charge is 2.16. The zero-order valence-electron chi connectivity index (χ0n) is 11.3. The van der Waals surface area contributed by atoms with E-state index in [-0.39, 0.29) is 0 Å². The van der Waals surface area contributed by atoms with Gasteiger partial charge in [-0.25, -0.2) is 4.79 Å². The summed E-state index contributed by atoms with van der Waals surface area (Å²) in [7, 11) is 0. The van der Waals surface area contributed by atoms with Crippen LogP contribution in [0.1, 0.15) is 31.9 Å². The Labute approximate surface area is 108 Å². The number of nitrogens with two attached hydrogens (primary N) is 1. The van der Waals surface area contributed by atoms with Gasteiger partial charge in [0.1, 0.15) is 5.60 Å². The van der Waals surface area contributed by atoms with Crippen LogP contribution in [-0.2, 0) is 11.3 Å². The number of hydrazine groups is 1. The van der Waals surface area contributed by atoms with Gasteiger partial charge in [-0.05, 0) is 44.9 Å². The number of carbonyl (C=O) groups excluding carboxylic acids is 1. The third-order valence-corrected chi connectivity index (χ3v) is 2.24. The quantitative estimate of drug-likeness (QED) is 0.569. The predicted molar refractivity (Wildman–Crippen MR) is 72.1 cm³/mol. The maximum absolute atomic E-state index is 11.7. The van der Waals surface area contributed by atoms with E-state index < -0.39 is 11.7 Å². The van der Waals surface area contributed by atoms with Crippen molar-refractivity contribution in [2.45, 2.75) is 39.8 Å². The third-order valence-electron chi connectivity index (χ3n) is 2.24. The summed E-state index contributed by atoms with van der Waals surface area (Å²) in [4.78, 5) is 11.7. The summed E-state index contributed by atoms with van der Waals surface area (Å²) in [6, 6.07) is 5.76. The van der Waals surface area contributed by atoms with Crippen molar-refractivity contribution in [3.63, 3.8) is 0 Å². The fraction of sp³-hybridized carbons (Fsp3) is 0.462. The van der Waals surface area contributed by atoms with E-state index in [0.717, 1.165) is 16.8 Å². The molecular weight excluding hydrogens is 230 g/mol. The Morgan fingerprint density at radius 1 is 1.39 bits per heavy atom. The Bertz CT molecular complexity index is 425. The molecule has 0 radical (unpaired) electrons. The smallest absolute Gasteiger partial charge is 0.412 e. The minimum Gasteiger partial charge on any atom is -0.444 e. The first-order valence-electron chi connectivity index (χ1n) is 5.85. The van der Waals surface area contributed by atoms with E-state index in [2.05, 4.69) is 10.7 Å². The van der Waals surface area contributed by atoms with Crippen LogP contribution in [-0.4, -0.2) is 11.7 Å². The lowest BCUT2D eigenvalue weighted by Crippen LogP contribution is -2.27. The number of ether oxygens (including phenoxy) is 1. The van der Waals surface area contributed by atoms with Gasteiger partial charge in [-0.15, -0.1) is 0 Å². The number of nitrogens with one attached hydrogen (secondary N) is 2. The molecule has 5 heteroatoms. The van der Waals surface area contributed by atoms with E-state index in [1.54, 1.807) is 0 Å². The molecule has 18 heavy (non-hydrogen) atoms.